The number of rotatable bonds is 24. The van der Waals surface area contributed by atoms with Crippen LogP contribution in [0.4, 0.5) is 0 Å². The third kappa shape index (κ3) is 9.08. The van der Waals surface area contributed by atoms with Gasteiger partial charge in [0.2, 0.25) is 0 Å². The molecule has 0 aliphatic heterocycles. The molecule has 2 heterocycles. The van der Waals surface area contributed by atoms with Crippen molar-refractivity contribution in [3.05, 3.63) is 103 Å². The standard InChI is InChI=1S/C52H62O2S2/c1-3-5-7-9-11-13-15-17-19-21-25-41-47-39-31-29-37(45-27-23-33-55-45)35-43(39)52(54)50(47)42(26-22-20-18-16-14-12-10-8-6-4-2)48-40-32-30-38(46-28-24-34-56-46)36-44(40)51(53)49(41)48/h23-24,27-36H,3-22,25-26H2,1-2H3. The summed E-state index contributed by atoms with van der Waals surface area (Å²) in [5, 5.41) is 11.8. The average molecular weight is 783 g/mol. The van der Waals surface area contributed by atoms with Crippen LogP contribution in [0.1, 0.15) is 153 Å². The van der Waals surface area contributed by atoms with Crippen LogP contribution in [0.5, 0.6) is 0 Å². The molecule has 2 nitrogen and oxygen atoms in total. The number of fused-ring (bicyclic) bond motifs is 6. The van der Waals surface area contributed by atoms with Crippen LogP contribution in [0.2, 0.25) is 0 Å². The molecule has 0 spiro atoms. The van der Waals surface area contributed by atoms with Crippen molar-refractivity contribution >= 4 is 65.8 Å². The molecule has 7 rings (SSSR count). The lowest BCUT2D eigenvalue weighted by atomic mass is 9.89. The molecular weight excluding hydrogens is 721 g/mol. The fraction of sp³-hybridized carbons (Fsp3) is 0.462. The molecule has 0 amide bonds. The molecule has 0 atom stereocenters. The van der Waals surface area contributed by atoms with Crippen LogP contribution in [0.25, 0.3) is 64.0 Å². The van der Waals surface area contributed by atoms with Crippen LogP contribution in [0.15, 0.2) is 81.0 Å². The minimum absolute atomic E-state index is 0.152. The van der Waals surface area contributed by atoms with Crippen LogP contribution in [0, 0.1) is 0 Å². The predicted molar refractivity (Wildman–Crippen MR) is 249 cm³/mol. The minimum Gasteiger partial charge on any atom is -0.289 e. The SMILES string of the molecule is CCCCCCCCCCCCc1c2c(=O)c3cc(-c4cccs4)ccc3c2c(CCCCCCCCCCCC)c2c(=O)c3cc(-c4cccs4)ccc3c12. The van der Waals surface area contributed by atoms with Crippen LogP contribution in [-0.2, 0) is 12.8 Å². The average Bonchev–Trinajstić information content (AvgIpc) is 4.05. The Balaban J connectivity index is 1.28. The lowest BCUT2D eigenvalue weighted by molar-refractivity contribution is 0.556. The monoisotopic (exact) mass is 782 g/mol. The maximum atomic E-state index is 14.9. The van der Waals surface area contributed by atoms with Crippen LogP contribution >= 0.6 is 22.7 Å². The summed E-state index contributed by atoms with van der Waals surface area (Å²) >= 11 is 3.43. The molecule has 0 N–H and O–H groups in total. The highest BCUT2D eigenvalue weighted by molar-refractivity contribution is 7.13. The molecule has 0 unspecified atom stereocenters. The molecule has 4 heteroatoms. The fourth-order valence-electron chi connectivity index (χ4n) is 9.39. The summed E-state index contributed by atoms with van der Waals surface area (Å²) < 4.78 is 0. The molecule has 56 heavy (non-hydrogen) atoms. The van der Waals surface area contributed by atoms with E-state index in [0.717, 1.165) is 104 Å². The quantitative estimate of drug-likeness (QED) is 0.0572. The van der Waals surface area contributed by atoms with E-state index < -0.39 is 0 Å². The summed E-state index contributed by atoms with van der Waals surface area (Å²) in [6, 6.07) is 21.5. The van der Waals surface area contributed by atoms with Crippen molar-refractivity contribution in [2.45, 2.75) is 155 Å². The Morgan fingerprint density at radius 3 is 1.09 bits per heavy atom. The van der Waals surface area contributed by atoms with Gasteiger partial charge in [-0.05, 0) is 105 Å². The van der Waals surface area contributed by atoms with Gasteiger partial charge in [0.1, 0.15) is 0 Å². The largest absolute Gasteiger partial charge is 0.289 e. The molecule has 2 aromatic heterocycles. The maximum Gasteiger partial charge on any atom is 0.194 e. The van der Waals surface area contributed by atoms with Gasteiger partial charge in [-0.1, -0.05) is 166 Å². The highest BCUT2D eigenvalue weighted by atomic mass is 32.1. The van der Waals surface area contributed by atoms with Gasteiger partial charge in [-0.2, -0.15) is 0 Å². The second-order valence-corrected chi connectivity index (χ2v) is 18.4. The summed E-state index contributed by atoms with van der Waals surface area (Å²) in [5.74, 6) is 0. The molecule has 0 aliphatic carbocycles. The normalized spacial score (nSPS) is 12.0. The van der Waals surface area contributed by atoms with Crippen molar-refractivity contribution in [3.8, 4) is 20.9 Å². The van der Waals surface area contributed by atoms with E-state index in [-0.39, 0.29) is 10.9 Å². The lowest BCUT2D eigenvalue weighted by Crippen LogP contribution is -2.05. The van der Waals surface area contributed by atoms with Crippen molar-refractivity contribution in [2.75, 3.05) is 0 Å². The number of thiophene rings is 2. The molecule has 0 radical (unpaired) electrons. The van der Waals surface area contributed by atoms with Crippen LogP contribution in [-0.4, -0.2) is 0 Å². The van der Waals surface area contributed by atoms with E-state index in [0.29, 0.717) is 0 Å². The molecule has 0 aliphatic rings. The highest BCUT2D eigenvalue weighted by Gasteiger charge is 2.26. The zero-order valence-corrected chi connectivity index (χ0v) is 35.8. The molecule has 0 saturated carbocycles. The molecule has 0 saturated heterocycles. The van der Waals surface area contributed by atoms with Gasteiger partial charge in [0.25, 0.3) is 0 Å². The molecular formula is C52H62O2S2. The third-order valence-electron chi connectivity index (χ3n) is 12.4. The number of benzene rings is 3. The number of unbranched alkanes of at least 4 members (excludes halogenated alkanes) is 18. The minimum atomic E-state index is 0.152. The van der Waals surface area contributed by atoms with Gasteiger partial charge < -0.3 is 0 Å². The smallest absolute Gasteiger partial charge is 0.194 e. The van der Waals surface area contributed by atoms with E-state index in [2.05, 4.69) is 85.3 Å². The Hall–Kier alpha value is -3.60. The van der Waals surface area contributed by atoms with Crippen LogP contribution in [0.3, 0.4) is 0 Å². The van der Waals surface area contributed by atoms with E-state index in [1.54, 1.807) is 22.7 Å². The number of hydrogen-bond acceptors (Lipinski definition) is 4. The van der Waals surface area contributed by atoms with Gasteiger partial charge in [0.05, 0.1) is 0 Å². The van der Waals surface area contributed by atoms with Gasteiger partial charge in [-0.25, -0.2) is 0 Å². The Labute approximate surface area is 343 Å². The first-order valence-corrected chi connectivity index (χ1v) is 24.1. The van der Waals surface area contributed by atoms with Gasteiger partial charge in [-0.3, -0.25) is 9.59 Å². The topological polar surface area (TPSA) is 34.1 Å². The zero-order valence-electron chi connectivity index (χ0n) is 34.1. The Morgan fingerprint density at radius 1 is 0.393 bits per heavy atom. The van der Waals surface area contributed by atoms with E-state index in [1.807, 2.05) is 0 Å². The molecule has 0 fully saturated rings. The maximum absolute atomic E-state index is 14.9. The Bertz CT molecular complexity index is 2220. The van der Waals surface area contributed by atoms with Gasteiger partial charge in [0, 0.05) is 31.3 Å². The van der Waals surface area contributed by atoms with Gasteiger partial charge >= 0.3 is 0 Å². The summed E-state index contributed by atoms with van der Waals surface area (Å²) in [7, 11) is 0. The Morgan fingerprint density at radius 2 is 0.750 bits per heavy atom. The van der Waals surface area contributed by atoms with E-state index in [4.69, 9.17) is 0 Å². The molecule has 294 valence electrons. The summed E-state index contributed by atoms with van der Waals surface area (Å²) in [4.78, 5) is 32.2. The van der Waals surface area contributed by atoms with Gasteiger partial charge in [-0.15, -0.1) is 22.7 Å². The summed E-state index contributed by atoms with van der Waals surface area (Å²) in [6.07, 6.45) is 27.1. The van der Waals surface area contributed by atoms with Crippen molar-refractivity contribution in [1.29, 1.82) is 0 Å². The Kier molecular flexibility index (Phi) is 14.6. The molecule has 7 aromatic rings. The molecule has 5 aromatic carbocycles. The van der Waals surface area contributed by atoms with Crippen molar-refractivity contribution in [1.82, 2.24) is 0 Å². The van der Waals surface area contributed by atoms with E-state index in [1.165, 1.54) is 112 Å². The van der Waals surface area contributed by atoms with E-state index in [9.17, 15) is 9.59 Å². The summed E-state index contributed by atoms with van der Waals surface area (Å²) in [5.41, 5.74) is 4.75. The summed E-state index contributed by atoms with van der Waals surface area (Å²) in [6.45, 7) is 4.56. The van der Waals surface area contributed by atoms with Crippen molar-refractivity contribution in [2.24, 2.45) is 0 Å². The highest BCUT2D eigenvalue weighted by Crippen LogP contribution is 2.42. The van der Waals surface area contributed by atoms with Gasteiger partial charge in [0.15, 0.2) is 10.9 Å². The number of hydrogen-bond donors (Lipinski definition) is 0. The predicted octanol–water partition coefficient (Wildman–Crippen LogP) is 16.3. The third-order valence-corrected chi connectivity index (χ3v) is 14.2. The lowest BCUT2D eigenvalue weighted by Gasteiger charge is -2.13. The first-order chi connectivity index (χ1) is 27.6. The molecule has 0 bridgehead atoms. The second kappa shape index (κ2) is 20.2. The second-order valence-electron chi connectivity index (χ2n) is 16.5. The zero-order chi connectivity index (χ0) is 38.7. The van der Waals surface area contributed by atoms with Crippen molar-refractivity contribution < 1.29 is 0 Å². The first kappa shape index (κ1) is 40.6. The fourth-order valence-corrected chi connectivity index (χ4v) is 10.8. The van der Waals surface area contributed by atoms with Crippen LogP contribution < -0.4 is 10.9 Å². The van der Waals surface area contributed by atoms with Crippen molar-refractivity contribution in [3.63, 3.8) is 0 Å². The number of aryl methyl sites for hydroxylation is 2. The first-order valence-electron chi connectivity index (χ1n) is 22.3. The van der Waals surface area contributed by atoms with E-state index >= 15 is 0 Å².